The van der Waals surface area contributed by atoms with Crippen molar-refractivity contribution in [2.24, 2.45) is 11.8 Å². The number of imide groups is 1. The number of fused-ring (bicyclic) bond motifs is 1. The Morgan fingerprint density at radius 1 is 1.04 bits per heavy atom. The molecule has 3 rings (SSSR count). The number of carbonyl (C=O) groups is 3. The standard InChI is InChI=1S/C20H25NO4/c1-12-8-9-13(2)18(14(12)3)25-17(22)10-11-21-19(23)15-6-4-5-7-16(15)20(21)24/h8-9,15-16H,4-7,10-11H2,1-3H3/t15-,16-/m0/s1. The first-order valence-corrected chi connectivity index (χ1v) is 9.03. The molecule has 25 heavy (non-hydrogen) atoms. The van der Waals surface area contributed by atoms with Crippen molar-refractivity contribution in [2.45, 2.75) is 52.9 Å². The summed E-state index contributed by atoms with van der Waals surface area (Å²) in [5, 5.41) is 0. The maximum atomic E-state index is 12.4. The monoisotopic (exact) mass is 343 g/mol. The molecule has 1 aromatic carbocycles. The lowest BCUT2D eigenvalue weighted by atomic mass is 9.81. The lowest BCUT2D eigenvalue weighted by Gasteiger charge is -2.19. The van der Waals surface area contributed by atoms with Crippen LogP contribution in [0.25, 0.3) is 0 Å². The van der Waals surface area contributed by atoms with Crippen molar-refractivity contribution >= 4 is 17.8 Å². The molecule has 1 aliphatic carbocycles. The number of nitrogens with zero attached hydrogens (tertiary/aromatic N) is 1. The summed E-state index contributed by atoms with van der Waals surface area (Å²) < 4.78 is 5.52. The number of hydrogen-bond donors (Lipinski definition) is 0. The summed E-state index contributed by atoms with van der Waals surface area (Å²) in [4.78, 5) is 38.4. The molecule has 2 atom stereocenters. The third-order valence-electron chi connectivity index (χ3n) is 5.56. The van der Waals surface area contributed by atoms with Gasteiger partial charge in [-0.1, -0.05) is 25.0 Å². The zero-order chi connectivity index (χ0) is 18.1. The van der Waals surface area contributed by atoms with Crippen molar-refractivity contribution in [1.29, 1.82) is 0 Å². The van der Waals surface area contributed by atoms with Crippen molar-refractivity contribution in [3.05, 3.63) is 28.8 Å². The lowest BCUT2D eigenvalue weighted by molar-refractivity contribution is -0.141. The van der Waals surface area contributed by atoms with Crippen LogP contribution < -0.4 is 4.74 Å². The summed E-state index contributed by atoms with van der Waals surface area (Å²) in [5.41, 5.74) is 2.89. The molecule has 5 nitrogen and oxygen atoms in total. The molecular formula is C20H25NO4. The number of aryl methyl sites for hydroxylation is 2. The third-order valence-corrected chi connectivity index (χ3v) is 5.56. The highest BCUT2D eigenvalue weighted by molar-refractivity contribution is 6.05. The van der Waals surface area contributed by atoms with Crippen LogP contribution in [0.4, 0.5) is 0 Å². The predicted molar refractivity (Wildman–Crippen MR) is 93.1 cm³/mol. The fraction of sp³-hybridized carbons (Fsp3) is 0.550. The Balaban J connectivity index is 1.62. The maximum absolute atomic E-state index is 12.4. The summed E-state index contributed by atoms with van der Waals surface area (Å²) in [6.45, 7) is 5.90. The number of benzene rings is 1. The van der Waals surface area contributed by atoms with E-state index < -0.39 is 5.97 Å². The average Bonchev–Trinajstić information content (AvgIpc) is 2.85. The Bertz CT molecular complexity index is 701. The fourth-order valence-corrected chi connectivity index (χ4v) is 3.90. The molecule has 134 valence electrons. The molecule has 2 fully saturated rings. The molecule has 0 spiro atoms. The van der Waals surface area contributed by atoms with Crippen LogP contribution in [0.3, 0.4) is 0 Å². The van der Waals surface area contributed by atoms with E-state index in [9.17, 15) is 14.4 Å². The van der Waals surface area contributed by atoms with E-state index in [2.05, 4.69) is 0 Å². The number of rotatable bonds is 4. The predicted octanol–water partition coefficient (Wildman–Crippen LogP) is 3.08. The van der Waals surface area contributed by atoms with Crippen molar-refractivity contribution in [2.75, 3.05) is 6.54 Å². The van der Waals surface area contributed by atoms with Crippen molar-refractivity contribution in [1.82, 2.24) is 4.90 Å². The van der Waals surface area contributed by atoms with Gasteiger partial charge >= 0.3 is 5.97 Å². The molecule has 0 radical (unpaired) electrons. The second-order valence-corrected chi connectivity index (χ2v) is 7.20. The molecule has 1 aromatic rings. The normalized spacial score (nSPS) is 22.9. The van der Waals surface area contributed by atoms with Gasteiger partial charge in [0.15, 0.2) is 0 Å². The van der Waals surface area contributed by atoms with Gasteiger partial charge in [0.25, 0.3) is 0 Å². The molecule has 1 heterocycles. The van der Waals surface area contributed by atoms with Crippen LogP contribution in [-0.2, 0) is 14.4 Å². The molecule has 2 aliphatic rings. The van der Waals surface area contributed by atoms with Gasteiger partial charge in [-0.05, 0) is 50.3 Å². The van der Waals surface area contributed by atoms with Gasteiger partial charge < -0.3 is 4.74 Å². The summed E-state index contributed by atoms with van der Waals surface area (Å²) >= 11 is 0. The van der Waals surface area contributed by atoms with Crippen molar-refractivity contribution in [3.8, 4) is 5.75 Å². The number of likely N-dealkylation sites (tertiary alicyclic amines) is 1. The van der Waals surface area contributed by atoms with E-state index in [1.807, 2.05) is 32.9 Å². The van der Waals surface area contributed by atoms with Gasteiger partial charge in [0.2, 0.25) is 11.8 Å². The van der Waals surface area contributed by atoms with E-state index in [1.165, 1.54) is 4.90 Å². The molecule has 2 amide bonds. The minimum absolute atomic E-state index is 0.0315. The van der Waals surface area contributed by atoms with Gasteiger partial charge in [-0.2, -0.15) is 0 Å². The van der Waals surface area contributed by atoms with Crippen LogP contribution in [-0.4, -0.2) is 29.2 Å². The zero-order valence-electron chi connectivity index (χ0n) is 15.1. The Morgan fingerprint density at radius 2 is 1.60 bits per heavy atom. The maximum Gasteiger partial charge on any atom is 0.313 e. The van der Waals surface area contributed by atoms with Crippen LogP contribution in [0.15, 0.2) is 12.1 Å². The first-order chi connectivity index (χ1) is 11.9. The molecule has 5 heteroatoms. The molecule has 0 bridgehead atoms. The molecule has 0 N–H and O–H groups in total. The smallest absolute Gasteiger partial charge is 0.313 e. The Hall–Kier alpha value is -2.17. The van der Waals surface area contributed by atoms with Crippen molar-refractivity contribution in [3.63, 3.8) is 0 Å². The third kappa shape index (κ3) is 3.32. The topological polar surface area (TPSA) is 63.7 Å². The van der Waals surface area contributed by atoms with Crippen molar-refractivity contribution < 1.29 is 19.1 Å². The molecule has 0 unspecified atom stereocenters. The number of amides is 2. The van der Waals surface area contributed by atoms with Crippen LogP contribution >= 0.6 is 0 Å². The van der Waals surface area contributed by atoms with E-state index in [-0.39, 0.29) is 36.6 Å². The zero-order valence-corrected chi connectivity index (χ0v) is 15.1. The van der Waals surface area contributed by atoms with Crippen LogP contribution in [0.2, 0.25) is 0 Å². The van der Waals surface area contributed by atoms with E-state index in [0.717, 1.165) is 42.4 Å². The largest absolute Gasteiger partial charge is 0.426 e. The first kappa shape index (κ1) is 17.6. The molecular weight excluding hydrogens is 318 g/mol. The Morgan fingerprint density at radius 3 is 2.20 bits per heavy atom. The van der Waals surface area contributed by atoms with Gasteiger partial charge in [0.1, 0.15) is 5.75 Å². The second-order valence-electron chi connectivity index (χ2n) is 7.20. The lowest BCUT2D eigenvalue weighted by Crippen LogP contribution is -2.33. The van der Waals surface area contributed by atoms with Crippen LogP contribution in [0.5, 0.6) is 5.75 Å². The van der Waals surface area contributed by atoms with Crippen LogP contribution in [0, 0.1) is 32.6 Å². The Labute approximate surface area is 148 Å². The van der Waals surface area contributed by atoms with Gasteiger partial charge in [-0.15, -0.1) is 0 Å². The van der Waals surface area contributed by atoms with E-state index in [4.69, 9.17) is 4.74 Å². The van der Waals surface area contributed by atoms with E-state index in [1.54, 1.807) is 0 Å². The molecule has 1 saturated carbocycles. The quantitative estimate of drug-likeness (QED) is 0.479. The summed E-state index contributed by atoms with van der Waals surface area (Å²) in [6, 6.07) is 3.91. The van der Waals surface area contributed by atoms with Gasteiger partial charge in [-0.3, -0.25) is 19.3 Å². The highest BCUT2D eigenvalue weighted by Gasteiger charge is 2.47. The molecule has 0 aromatic heterocycles. The highest BCUT2D eigenvalue weighted by atomic mass is 16.5. The average molecular weight is 343 g/mol. The number of esters is 1. The van der Waals surface area contributed by atoms with E-state index >= 15 is 0 Å². The van der Waals surface area contributed by atoms with Gasteiger partial charge in [-0.25, -0.2) is 0 Å². The molecule has 1 aliphatic heterocycles. The fourth-order valence-electron chi connectivity index (χ4n) is 3.90. The van der Waals surface area contributed by atoms with E-state index in [0.29, 0.717) is 5.75 Å². The minimum Gasteiger partial charge on any atom is -0.426 e. The minimum atomic E-state index is -0.410. The van der Waals surface area contributed by atoms with Gasteiger partial charge in [0.05, 0.1) is 18.3 Å². The summed E-state index contributed by atoms with van der Waals surface area (Å²) in [7, 11) is 0. The first-order valence-electron chi connectivity index (χ1n) is 9.03. The Kier molecular flexibility index (Phi) is 4.93. The summed E-state index contributed by atoms with van der Waals surface area (Å²) in [5.74, 6) is -0.377. The van der Waals surface area contributed by atoms with Crippen LogP contribution in [0.1, 0.15) is 48.8 Å². The SMILES string of the molecule is Cc1ccc(C)c(OC(=O)CCN2C(=O)[C@H]3CCCC[C@@H]3C2=O)c1C. The number of hydrogen-bond acceptors (Lipinski definition) is 4. The van der Waals surface area contributed by atoms with Gasteiger partial charge in [0, 0.05) is 6.54 Å². The summed E-state index contributed by atoms with van der Waals surface area (Å²) in [6.07, 6.45) is 3.61. The second kappa shape index (κ2) is 6.98. The number of carbonyl (C=O) groups excluding carboxylic acids is 3. The number of ether oxygens (including phenoxy) is 1. The highest BCUT2D eigenvalue weighted by Crippen LogP contribution is 2.38. The molecule has 1 saturated heterocycles.